The zero-order valence-electron chi connectivity index (χ0n) is 15.9. The van der Waals surface area contributed by atoms with Crippen molar-refractivity contribution < 1.29 is 19.1 Å². The Bertz CT molecular complexity index is 738. The molecule has 26 heavy (non-hydrogen) atoms. The highest BCUT2D eigenvalue weighted by Crippen LogP contribution is 2.72. The molecule has 3 fully saturated rings. The number of aryl methyl sites for hydroxylation is 1. The number of carbonyl (C=O) groups is 1. The Kier molecular flexibility index (Phi) is 3.48. The Labute approximate surface area is 155 Å². The molecule has 4 aliphatic carbocycles. The number of ether oxygens (including phenoxy) is 1. The summed E-state index contributed by atoms with van der Waals surface area (Å²) in [5.74, 6) is 2.45. The molecule has 142 valence electrons. The van der Waals surface area contributed by atoms with Gasteiger partial charge in [0.15, 0.2) is 0 Å². The maximum absolute atomic E-state index is 11.4. The van der Waals surface area contributed by atoms with E-state index in [-0.39, 0.29) is 23.9 Å². The van der Waals surface area contributed by atoms with Crippen molar-refractivity contribution in [2.75, 3.05) is 6.61 Å². The predicted octanol–water partition coefficient (Wildman–Crippen LogP) is 4.21. The normalized spacial score (nSPS) is 46.2. The van der Waals surface area contributed by atoms with Gasteiger partial charge < -0.3 is 14.3 Å². The molecule has 2 bridgehead atoms. The SMILES string of the molecule is CC(=O)OC[C@@]1(O)C[C@@]23CCC4c5ccoc5CC[C@]4(C)C2CCC1C3. The van der Waals surface area contributed by atoms with E-state index in [1.165, 1.54) is 43.9 Å². The molecule has 0 amide bonds. The van der Waals surface area contributed by atoms with Crippen LogP contribution in [0.15, 0.2) is 16.7 Å². The Morgan fingerprint density at radius 1 is 1.35 bits per heavy atom. The predicted molar refractivity (Wildman–Crippen MR) is 96.6 cm³/mol. The van der Waals surface area contributed by atoms with Crippen molar-refractivity contribution in [3.8, 4) is 0 Å². The van der Waals surface area contributed by atoms with Crippen LogP contribution in [0.5, 0.6) is 0 Å². The molecule has 6 atom stereocenters. The third-order valence-corrected chi connectivity index (χ3v) is 8.71. The van der Waals surface area contributed by atoms with Gasteiger partial charge in [0.05, 0.1) is 6.26 Å². The van der Waals surface area contributed by atoms with Gasteiger partial charge in [0.25, 0.3) is 0 Å². The minimum absolute atomic E-state index is 0.174. The summed E-state index contributed by atoms with van der Waals surface area (Å²) in [6, 6.07) is 2.20. The average Bonchev–Trinajstić information content (AvgIpc) is 3.14. The molecule has 0 aromatic carbocycles. The van der Waals surface area contributed by atoms with E-state index < -0.39 is 5.60 Å². The highest BCUT2D eigenvalue weighted by molar-refractivity contribution is 5.66. The van der Waals surface area contributed by atoms with Gasteiger partial charge in [0.2, 0.25) is 0 Å². The zero-order chi connectivity index (χ0) is 18.2. The van der Waals surface area contributed by atoms with Gasteiger partial charge in [0.1, 0.15) is 18.0 Å². The number of carbonyl (C=O) groups excluding carboxylic acids is 1. The lowest BCUT2D eigenvalue weighted by molar-refractivity contribution is -0.151. The summed E-state index contributed by atoms with van der Waals surface area (Å²) < 4.78 is 11.0. The Balaban J connectivity index is 1.47. The van der Waals surface area contributed by atoms with Crippen molar-refractivity contribution in [1.82, 2.24) is 0 Å². The van der Waals surface area contributed by atoms with E-state index in [2.05, 4.69) is 13.0 Å². The third kappa shape index (κ3) is 2.14. The summed E-state index contributed by atoms with van der Waals surface area (Å²) in [6.07, 6.45) is 10.7. The minimum Gasteiger partial charge on any atom is -0.469 e. The molecule has 1 spiro atoms. The lowest BCUT2D eigenvalue weighted by Crippen LogP contribution is -2.51. The molecule has 3 saturated carbocycles. The van der Waals surface area contributed by atoms with Gasteiger partial charge >= 0.3 is 5.97 Å². The molecule has 4 aliphatic rings. The summed E-state index contributed by atoms with van der Waals surface area (Å²) in [5, 5.41) is 11.4. The molecule has 4 heteroatoms. The van der Waals surface area contributed by atoms with Crippen LogP contribution in [0.4, 0.5) is 0 Å². The summed E-state index contributed by atoms with van der Waals surface area (Å²) in [6.45, 7) is 4.11. The highest BCUT2D eigenvalue weighted by atomic mass is 16.5. The molecular weight excluding hydrogens is 328 g/mol. The molecule has 4 nitrogen and oxygen atoms in total. The van der Waals surface area contributed by atoms with Crippen LogP contribution >= 0.6 is 0 Å². The van der Waals surface area contributed by atoms with Crippen molar-refractivity contribution in [3.63, 3.8) is 0 Å². The number of furan rings is 1. The van der Waals surface area contributed by atoms with Crippen LogP contribution in [0.3, 0.4) is 0 Å². The quantitative estimate of drug-likeness (QED) is 0.805. The monoisotopic (exact) mass is 358 g/mol. The second-order valence-electron chi connectivity index (χ2n) is 9.85. The van der Waals surface area contributed by atoms with Crippen molar-refractivity contribution in [1.29, 1.82) is 0 Å². The average molecular weight is 358 g/mol. The first-order valence-electron chi connectivity index (χ1n) is 10.3. The standard InChI is InChI=1S/C22H30O4/c1-14(23)26-13-22(24)12-21-9-5-17-16-7-10-25-18(16)6-8-20(17,2)19(21)4-3-15(22)11-21/h7,10,15,17,19,24H,3-6,8-9,11-13H2,1-2H3/t15?,17?,19?,20-,21-,22-/m0/s1. The van der Waals surface area contributed by atoms with Crippen molar-refractivity contribution in [3.05, 3.63) is 23.7 Å². The smallest absolute Gasteiger partial charge is 0.302 e. The summed E-state index contributed by atoms with van der Waals surface area (Å²) >= 11 is 0. The Morgan fingerprint density at radius 3 is 3.00 bits per heavy atom. The lowest BCUT2D eigenvalue weighted by Gasteiger charge is -2.59. The van der Waals surface area contributed by atoms with Gasteiger partial charge in [-0.2, -0.15) is 0 Å². The molecule has 0 aliphatic heterocycles. The van der Waals surface area contributed by atoms with Crippen LogP contribution in [0.2, 0.25) is 0 Å². The number of rotatable bonds is 2. The zero-order valence-corrected chi connectivity index (χ0v) is 15.9. The number of esters is 1. The number of fused-ring (bicyclic) bond motifs is 5. The fourth-order valence-corrected chi connectivity index (χ4v) is 7.72. The van der Waals surface area contributed by atoms with Gasteiger partial charge in [-0.05, 0) is 85.2 Å². The van der Waals surface area contributed by atoms with Gasteiger partial charge in [-0.1, -0.05) is 6.92 Å². The maximum Gasteiger partial charge on any atom is 0.302 e. The largest absolute Gasteiger partial charge is 0.469 e. The van der Waals surface area contributed by atoms with Gasteiger partial charge in [-0.25, -0.2) is 0 Å². The molecule has 0 saturated heterocycles. The van der Waals surface area contributed by atoms with E-state index in [4.69, 9.17) is 9.15 Å². The summed E-state index contributed by atoms with van der Waals surface area (Å²) in [7, 11) is 0. The van der Waals surface area contributed by atoms with Crippen molar-refractivity contribution in [2.24, 2.45) is 22.7 Å². The molecule has 1 aromatic rings. The molecule has 0 radical (unpaired) electrons. The molecule has 1 aromatic heterocycles. The van der Waals surface area contributed by atoms with Gasteiger partial charge in [-0.3, -0.25) is 4.79 Å². The van der Waals surface area contributed by atoms with Crippen LogP contribution in [-0.2, 0) is 16.0 Å². The molecular formula is C22H30O4. The Hall–Kier alpha value is -1.29. The lowest BCUT2D eigenvalue weighted by atomic mass is 9.45. The fourth-order valence-electron chi connectivity index (χ4n) is 7.72. The molecule has 1 N–H and O–H groups in total. The summed E-state index contributed by atoms with van der Waals surface area (Å²) in [4.78, 5) is 11.3. The second kappa shape index (κ2) is 5.37. The van der Waals surface area contributed by atoms with Crippen LogP contribution in [0.25, 0.3) is 0 Å². The first-order valence-corrected chi connectivity index (χ1v) is 10.3. The van der Waals surface area contributed by atoms with Crippen molar-refractivity contribution in [2.45, 2.75) is 76.7 Å². The number of hydrogen-bond donors (Lipinski definition) is 1. The second-order valence-corrected chi connectivity index (χ2v) is 9.85. The highest BCUT2D eigenvalue weighted by Gasteiger charge is 2.66. The van der Waals surface area contributed by atoms with E-state index in [1.54, 1.807) is 0 Å². The number of hydrogen-bond acceptors (Lipinski definition) is 4. The fraction of sp³-hybridized carbons (Fsp3) is 0.773. The van der Waals surface area contributed by atoms with Gasteiger partial charge in [-0.15, -0.1) is 0 Å². The number of aliphatic hydroxyl groups is 1. The van der Waals surface area contributed by atoms with Crippen LogP contribution in [0.1, 0.15) is 76.0 Å². The molecule has 1 heterocycles. The minimum atomic E-state index is -0.820. The first-order chi connectivity index (χ1) is 12.4. The van der Waals surface area contributed by atoms with E-state index in [1.807, 2.05) is 6.26 Å². The van der Waals surface area contributed by atoms with Gasteiger partial charge in [0, 0.05) is 13.3 Å². The molecule has 3 unspecified atom stereocenters. The van der Waals surface area contributed by atoms with E-state index in [0.717, 1.165) is 25.7 Å². The third-order valence-electron chi connectivity index (χ3n) is 8.71. The summed E-state index contributed by atoms with van der Waals surface area (Å²) in [5.41, 5.74) is 1.15. The topological polar surface area (TPSA) is 59.7 Å². The van der Waals surface area contributed by atoms with Crippen LogP contribution < -0.4 is 0 Å². The van der Waals surface area contributed by atoms with Crippen LogP contribution in [-0.4, -0.2) is 23.3 Å². The molecule has 5 rings (SSSR count). The van der Waals surface area contributed by atoms with E-state index >= 15 is 0 Å². The van der Waals surface area contributed by atoms with Crippen molar-refractivity contribution >= 4 is 5.97 Å². The maximum atomic E-state index is 11.4. The van der Waals surface area contributed by atoms with Crippen LogP contribution in [0, 0.1) is 22.7 Å². The Morgan fingerprint density at radius 2 is 2.19 bits per heavy atom. The van der Waals surface area contributed by atoms with E-state index in [9.17, 15) is 9.90 Å². The van der Waals surface area contributed by atoms with E-state index in [0.29, 0.717) is 17.3 Å². The first kappa shape index (κ1) is 16.9.